The van der Waals surface area contributed by atoms with E-state index in [1.54, 1.807) is 0 Å². The molecule has 0 aliphatic carbocycles. The zero-order valence-corrected chi connectivity index (χ0v) is 16.3. The van der Waals surface area contributed by atoms with Crippen LogP contribution in [0.1, 0.15) is 50.9 Å². The van der Waals surface area contributed by atoms with Crippen LogP contribution in [-0.2, 0) is 0 Å². The zero-order chi connectivity index (χ0) is 18.5. The molecule has 0 amide bonds. The molecule has 0 fully saturated rings. The van der Waals surface area contributed by atoms with Gasteiger partial charge in [-0.05, 0) is 38.8 Å². The number of fused-ring (bicyclic) bond motifs is 3. The van der Waals surface area contributed by atoms with Crippen LogP contribution in [-0.4, -0.2) is 23.2 Å². The van der Waals surface area contributed by atoms with Gasteiger partial charge in [-0.1, -0.05) is 26.7 Å². The molecular weight excluding hydrogens is 324 g/mol. The minimum absolute atomic E-state index is 0.722. The number of pyridine rings is 2. The summed E-state index contributed by atoms with van der Waals surface area (Å²) in [6.07, 6.45) is 4.32. The van der Waals surface area contributed by atoms with Crippen molar-refractivity contribution in [2.75, 3.05) is 13.2 Å². The van der Waals surface area contributed by atoms with Crippen LogP contribution >= 0.6 is 0 Å². The van der Waals surface area contributed by atoms with E-state index in [-0.39, 0.29) is 0 Å². The van der Waals surface area contributed by atoms with Crippen LogP contribution in [0.25, 0.3) is 21.8 Å². The van der Waals surface area contributed by atoms with Crippen molar-refractivity contribution in [3.05, 3.63) is 35.7 Å². The lowest BCUT2D eigenvalue weighted by atomic mass is 10.1. The Morgan fingerprint density at radius 3 is 1.54 bits per heavy atom. The van der Waals surface area contributed by atoms with Crippen LogP contribution in [0.2, 0.25) is 0 Å². The van der Waals surface area contributed by atoms with Gasteiger partial charge in [0, 0.05) is 34.3 Å². The lowest BCUT2D eigenvalue weighted by Gasteiger charge is -2.14. The molecule has 26 heavy (non-hydrogen) atoms. The second-order valence-electron chi connectivity index (χ2n) is 6.79. The predicted molar refractivity (Wildman–Crippen MR) is 107 cm³/mol. The molecule has 0 atom stereocenters. The molecule has 0 radical (unpaired) electrons. The van der Waals surface area contributed by atoms with Crippen molar-refractivity contribution >= 4 is 21.8 Å². The van der Waals surface area contributed by atoms with Crippen LogP contribution in [0, 0.1) is 13.8 Å². The fourth-order valence-electron chi connectivity index (χ4n) is 3.05. The number of aromatic nitrogens is 2. The summed E-state index contributed by atoms with van der Waals surface area (Å²) in [5.41, 5.74) is 3.65. The van der Waals surface area contributed by atoms with Crippen LogP contribution < -0.4 is 9.47 Å². The predicted octanol–water partition coefficient (Wildman–Crippen LogP) is 5.76. The maximum Gasteiger partial charge on any atom is 0.130 e. The fraction of sp³-hybridized carbons (Fsp3) is 0.455. The molecule has 0 bridgehead atoms. The number of benzene rings is 1. The number of nitrogens with zero attached hydrogens (tertiary/aromatic N) is 2. The summed E-state index contributed by atoms with van der Waals surface area (Å²) in [5, 5.41) is 2.02. The Labute approximate surface area is 155 Å². The lowest BCUT2D eigenvalue weighted by molar-refractivity contribution is 0.312. The molecule has 3 rings (SSSR count). The highest BCUT2D eigenvalue weighted by molar-refractivity contribution is 6.07. The van der Waals surface area contributed by atoms with Crippen molar-refractivity contribution in [2.24, 2.45) is 0 Å². The second-order valence-corrected chi connectivity index (χ2v) is 6.79. The van der Waals surface area contributed by atoms with Crippen molar-refractivity contribution in [3.63, 3.8) is 0 Å². The van der Waals surface area contributed by atoms with Gasteiger partial charge < -0.3 is 9.47 Å². The molecule has 3 aromatic rings. The van der Waals surface area contributed by atoms with E-state index in [1.165, 1.54) is 0 Å². The molecule has 4 heteroatoms. The quantitative estimate of drug-likeness (QED) is 0.382. The average molecular weight is 352 g/mol. The lowest BCUT2D eigenvalue weighted by Crippen LogP contribution is -2.01. The topological polar surface area (TPSA) is 44.2 Å². The van der Waals surface area contributed by atoms with Gasteiger partial charge in [-0.2, -0.15) is 0 Å². The van der Waals surface area contributed by atoms with Gasteiger partial charge in [0.25, 0.3) is 0 Å². The van der Waals surface area contributed by atoms with E-state index >= 15 is 0 Å². The third-order valence-corrected chi connectivity index (χ3v) is 4.45. The summed E-state index contributed by atoms with van der Waals surface area (Å²) >= 11 is 0. The van der Waals surface area contributed by atoms with Gasteiger partial charge in [-0.3, -0.25) is 9.97 Å². The highest BCUT2D eigenvalue weighted by atomic mass is 16.5. The molecular formula is C22H28N2O2. The largest absolute Gasteiger partial charge is 0.493 e. The van der Waals surface area contributed by atoms with E-state index < -0.39 is 0 Å². The third-order valence-electron chi connectivity index (χ3n) is 4.45. The van der Waals surface area contributed by atoms with E-state index in [2.05, 4.69) is 26.0 Å². The highest BCUT2D eigenvalue weighted by Gasteiger charge is 2.13. The molecule has 138 valence electrons. The second kappa shape index (κ2) is 8.35. The number of hydrogen-bond acceptors (Lipinski definition) is 4. The Hall–Kier alpha value is -2.36. The zero-order valence-electron chi connectivity index (χ0n) is 16.3. The Morgan fingerprint density at radius 2 is 1.15 bits per heavy atom. The number of aryl methyl sites for hydroxylation is 2. The molecule has 0 saturated carbocycles. The maximum atomic E-state index is 6.03. The molecule has 0 aliphatic heterocycles. The van der Waals surface area contributed by atoms with E-state index in [0.717, 1.165) is 83.6 Å². The molecule has 0 saturated heterocycles. The summed E-state index contributed by atoms with van der Waals surface area (Å²) in [6, 6.07) is 8.18. The van der Waals surface area contributed by atoms with Gasteiger partial charge in [0.2, 0.25) is 0 Å². The first-order valence-corrected chi connectivity index (χ1v) is 9.61. The molecule has 4 nitrogen and oxygen atoms in total. The highest BCUT2D eigenvalue weighted by Crippen LogP contribution is 2.34. The minimum Gasteiger partial charge on any atom is -0.493 e. The molecule has 0 N–H and O–H groups in total. The molecule has 2 aromatic heterocycles. The van der Waals surface area contributed by atoms with E-state index in [4.69, 9.17) is 19.4 Å². The Balaban J connectivity index is 2.12. The minimum atomic E-state index is 0.722. The van der Waals surface area contributed by atoms with Crippen molar-refractivity contribution in [1.82, 2.24) is 9.97 Å². The van der Waals surface area contributed by atoms with Crippen LogP contribution in [0.5, 0.6) is 11.5 Å². The normalized spacial score (nSPS) is 11.2. The van der Waals surface area contributed by atoms with Gasteiger partial charge in [-0.15, -0.1) is 0 Å². The molecule has 0 spiro atoms. The maximum absolute atomic E-state index is 6.03. The van der Waals surface area contributed by atoms with Crippen LogP contribution in [0.4, 0.5) is 0 Å². The van der Waals surface area contributed by atoms with Crippen molar-refractivity contribution in [2.45, 2.75) is 53.4 Å². The summed E-state index contributed by atoms with van der Waals surface area (Å²) in [7, 11) is 0. The van der Waals surface area contributed by atoms with Gasteiger partial charge in [0.15, 0.2) is 0 Å². The van der Waals surface area contributed by atoms with Gasteiger partial charge >= 0.3 is 0 Å². The van der Waals surface area contributed by atoms with E-state index in [1.807, 2.05) is 26.0 Å². The summed E-state index contributed by atoms with van der Waals surface area (Å²) in [4.78, 5) is 9.55. The number of rotatable bonds is 8. The Bertz CT molecular complexity index is 831. The molecule has 2 heterocycles. The van der Waals surface area contributed by atoms with Gasteiger partial charge in [-0.25, -0.2) is 0 Å². The van der Waals surface area contributed by atoms with Gasteiger partial charge in [0.1, 0.15) is 22.5 Å². The smallest absolute Gasteiger partial charge is 0.130 e. The molecule has 1 aromatic carbocycles. The Kier molecular flexibility index (Phi) is 5.92. The number of unbranched alkanes of at least 4 members (excludes halogenated alkanes) is 2. The number of hydrogen-bond donors (Lipinski definition) is 0. The first-order chi connectivity index (χ1) is 12.6. The van der Waals surface area contributed by atoms with Crippen molar-refractivity contribution < 1.29 is 9.47 Å². The number of ether oxygens (including phenoxy) is 2. The summed E-state index contributed by atoms with van der Waals surface area (Å²) in [6.45, 7) is 9.78. The SMILES string of the molecule is CCCCOc1cc(C)nc2c1ccc1c(OCCCC)cc(C)nc12. The standard InChI is InChI=1S/C22H28N2O2/c1-5-7-11-25-19-13-15(3)23-21-17(19)9-10-18-20(26-12-8-6-2)14-16(4)24-22(18)21/h9-10,13-14H,5-8,11-12H2,1-4H3. The third kappa shape index (κ3) is 3.90. The van der Waals surface area contributed by atoms with Crippen LogP contribution in [0.15, 0.2) is 24.3 Å². The van der Waals surface area contributed by atoms with Crippen molar-refractivity contribution in [1.29, 1.82) is 0 Å². The fourth-order valence-corrected chi connectivity index (χ4v) is 3.05. The summed E-state index contributed by atoms with van der Waals surface area (Å²) < 4.78 is 12.1. The first-order valence-electron chi connectivity index (χ1n) is 9.61. The molecule has 0 unspecified atom stereocenters. The Morgan fingerprint density at radius 1 is 0.731 bits per heavy atom. The summed E-state index contributed by atoms with van der Waals surface area (Å²) in [5.74, 6) is 1.78. The first kappa shape index (κ1) is 18.4. The van der Waals surface area contributed by atoms with E-state index in [9.17, 15) is 0 Å². The van der Waals surface area contributed by atoms with Gasteiger partial charge in [0.05, 0.1) is 13.2 Å². The van der Waals surface area contributed by atoms with Crippen molar-refractivity contribution in [3.8, 4) is 11.5 Å². The average Bonchev–Trinajstić information content (AvgIpc) is 2.62. The molecule has 0 aliphatic rings. The van der Waals surface area contributed by atoms with Crippen LogP contribution in [0.3, 0.4) is 0 Å². The van der Waals surface area contributed by atoms with E-state index in [0.29, 0.717) is 0 Å². The monoisotopic (exact) mass is 352 g/mol.